The molecule has 20 heavy (non-hydrogen) atoms. The Morgan fingerprint density at radius 2 is 2.30 bits per heavy atom. The molecule has 0 bridgehead atoms. The van der Waals surface area contributed by atoms with E-state index in [2.05, 4.69) is 12.1 Å². The number of nitrogens with two attached hydrogens (primary N) is 1. The van der Waals surface area contributed by atoms with Crippen LogP contribution in [-0.4, -0.2) is 25.4 Å². The minimum atomic E-state index is 0.189. The van der Waals surface area contributed by atoms with E-state index in [9.17, 15) is 0 Å². The van der Waals surface area contributed by atoms with Gasteiger partial charge in [0, 0.05) is 12.6 Å². The molecule has 2 N–H and O–H groups in total. The molecule has 3 nitrogen and oxygen atoms in total. The molecule has 2 unspecified atom stereocenters. The minimum absolute atomic E-state index is 0.189. The predicted molar refractivity (Wildman–Crippen MR) is 79.9 cm³/mol. The Morgan fingerprint density at radius 1 is 1.45 bits per heavy atom. The highest BCUT2D eigenvalue weighted by Gasteiger charge is 2.43. The maximum Gasteiger partial charge on any atom is 0.119 e. The van der Waals surface area contributed by atoms with Crippen molar-refractivity contribution in [2.45, 2.75) is 50.2 Å². The molecule has 1 aliphatic carbocycles. The maximum atomic E-state index is 6.48. The summed E-state index contributed by atoms with van der Waals surface area (Å²) in [7, 11) is 1.71. The van der Waals surface area contributed by atoms with Gasteiger partial charge in [0.25, 0.3) is 0 Å². The second-order valence-corrected chi connectivity index (χ2v) is 6.36. The van der Waals surface area contributed by atoms with Crippen LogP contribution >= 0.6 is 0 Å². The third-order valence-corrected chi connectivity index (χ3v) is 5.01. The highest BCUT2D eigenvalue weighted by atomic mass is 16.5. The van der Waals surface area contributed by atoms with Crippen molar-refractivity contribution in [3.63, 3.8) is 0 Å². The van der Waals surface area contributed by atoms with Crippen molar-refractivity contribution in [3.8, 4) is 5.75 Å². The van der Waals surface area contributed by atoms with Crippen LogP contribution in [0, 0.1) is 5.92 Å². The van der Waals surface area contributed by atoms with E-state index in [1.165, 1.54) is 24.8 Å². The average molecular weight is 275 g/mol. The molecule has 1 aliphatic heterocycles. The van der Waals surface area contributed by atoms with Gasteiger partial charge in [-0.3, -0.25) is 0 Å². The van der Waals surface area contributed by atoms with Crippen molar-refractivity contribution < 1.29 is 9.47 Å². The lowest BCUT2D eigenvalue weighted by Gasteiger charge is -2.48. The normalized spacial score (nSPS) is 26.0. The standard InChI is InChI=1S/C17H25NO2/c1-19-15-5-2-4-13(10-15)11-16(18)14-6-9-20-17(12-14)7-3-8-17/h2,4-5,10,14,16H,3,6-9,11-12,18H2,1H3. The van der Waals surface area contributed by atoms with Crippen molar-refractivity contribution in [1.82, 2.24) is 0 Å². The summed E-state index contributed by atoms with van der Waals surface area (Å²) >= 11 is 0. The van der Waals surface area contributed by atoms with E-state index in [0.717, 1.165) is 31.6 Å². The molecular formula is C17H25NO2. The monoisotopic (exact) mass is 275 g/mol. The van der Waals surface area contributed by atoms with E-state index in [0.29, 0.717) is 5.92 Å². The van der Waals surface area contributed by atoms with Crippen LogP contribution in [0.3, 0.4) is 0 Å². The van der Waals surface area contributed by atoms with Gasteiger partial charge in [-0.2, -0.15) is 0 Å². The van der Waals surface area contributed by atoms with Crippen LogP contribution < -0.4 is 10.5 Å². The fourth-order valence-electron chi connectivity index (χ4n) is 3.59. The number of hydrogen-bond donors (Lipinski definition) is 1. The molecule has 1 aromatic rings. The molecule has 2 fully saturated rings. The summed E-state index contributed by atoms with van der Waals surface area (Å²) in [5.74, 6) is 1.51. The molecule has 3 heteroatoms. The van der Waals surface area contributed by atoms with Crippen LogP contribution in [0.1, 0.15) is 37.7 Å². The van der Waals surface area contributed by atoms with Gasteiger partial charge in [-0.05, 0) is 62.1 Å². The highest BCUT2D eigenvalue weighted by molar-refractivity contribution is 5.29. The summed E-state index contributed by atoms with van der Waals surface area (Å²) in [5.41, 5.74) is 7.93. The molecule has 3 rings (SSSR count). The van der Waals surface area contributed by atoms with Crippen molar-refractivity contribution in [3.05, 3.63) is 29.8 Å². The summed E-state index contributed by atoms with van der Waals surface area (Å²) < 4.78 is 11.3. The van der Waals surface area contributed by atoms with Crippen molar-refractivity contribution >= 4 is 0 Å². The van der Waals surface area contributed by atoms with E-state index in [4.69, 9.17) is 15.2 Å². The van der Waals surface area contributed by atoms with Gasteiger partial charge < -0.3 is 15.2 Å². The first-order chi connectivity index (χ1) is 9.71. The van der Waals surface area contributed by atoms with Crippen LogP contribution in [0.2, 0.25) is 0 Å². The quantitative estimate of drug-likeness (QED) is 0.919. The first kappa shape index (κ1) is 13.9. The summed E-state index contributed by atoms with van der Waals surface area (Å²) in [4.78, 5) is 0. The second-order valence-electron chi connectivity index (χ2n) is 6.36. The van der Waals surface area contributed by atoms with Crippen molar-refractivity contribution in [2.75, 3.05) is 13.7 Å². The third-order valence-electron chi connectivity index (χ3n) is 5.01. The number of hydrogen-bond acceptors (Lipinski definition) is 3. The maximum absolute atomic E-state index is 6.48. The smallest absolute Gasteiger partial charge is 0.119 e. The van der Waals surface area contributed by atoms with Gasteiger partial charge in [0.1, 0.15) is 5.75 Å². The molecule has 2 aliphatic rings. The SMILES string of the molecule is COc1cccc(CC(N)C2CCOC3(CCC3)C2)c1. The minimum Gasteiger partial charge on any atom is -0.497 e. The summed E-state index contributed by atoms with van der Waals surface area (Å²) in [6, 6.07) is 8.48. The van der Waals surface area contributed by atoms with Crippen molar-refractivity contribution in [1.29, 1.82) is 0 Å². The van der Waals surface area contributed by atoms with Crippen LogP contribution in [0.4, 0.5) is 0 Å². The van der Waals surface area contributed by atoms with Crippen LogP contribution in [0.25, 0.3) is 0 Å². The fraction of sp³-hybridized carbons (Fsp3) is 0.647. The Balaban J connectivity index is 1.61. The lowest BCUT2D eigenvalue weighted by atomic mass is 9.70. The molecule has 0 amide bonds. The first-order valence-electron chi connectivity index (χ1n) is 7.73. The molecule has 0 aromatic heterocycles. The Kier molecular flexibility index (Phi) is 3.99. The lowest BCUT2D eigenvalue weighted by molar-refractivity contribution is -0.145. The number of benzene rings is 1. The third kappa shape index (κ3) is 2.84. The van der Waals surface area contributed by atoms with Crippen molar-refractivity contribution in [2.24, 2.45) is 11.7 Å². The molecule has 1 aromatic carbocycles. The Morgan fingerprint density at radius 3 is 3.00 bits per heavy atom. The van der Waals surface area contributed by atoms with Gasteiger partial charge in [-0.1, -0.05) is 12.1 Å². The van der Waals surface area contributed by atoms with Gasteiger partial charge in [-0.15, -0.1) is 0 Å². The topological polar surface area (TPSA) is 44.5 Å². The molecule has 0 radical (unpaired) electrons. The molecule has 2 atom stereocenters. The van der Waals surface area contributed by atoms with Crippen LogP contribution in [0.5, 0.6) is 5.75 Å². The fourth-order valence-corrected chi connectivity index (χ4v) is 3.59. The van der Waals surface area contributed by atoms with E-state index >= 15 is 0 Å². The van der Waals surface area contributed by atoms with E-state index in [1.807, 2.05) is 12.1 Å². The summed E-state index contributed by atoms with van der Waals surface area (Å²) in [6.07, 6.45) is 6.96. The number of methoxy groups -OCH3 is 1. The molecule has 1 heterocycles. The highest BCUT2D eigenvalue weighted by Crippen LogP contribution is 2.45. The largest absolute Gasteiger partial charge is 0.497 e. The van der Waals surface area contributed by atoms with E-state index < -0.39 is 0 Å². The first-order valence-corrected chi connectivity index (χ1v) is 7.73. The second kappa shape index (κ2) is 5.74. The van der Waals surface area contributed by atoms with Gasteiger partial charge in [0.2, 0.25) is 0 Å². The van der Waals surface area contributed by atoms with Crippen LogP contribution in [-0.2, 0) is 11.2 Å². The van der Waals surface area contributed by atoms with Gasteiger partial charge in [0.05, 0.1) is 12.7 Å². The van der Waals surface area contributed by atoms with Crippen LogP contribution in [0.15, 0.2) is 24.3 Å². The molecule has 110 valence electrons. The van der Waals surface area contributed by atoms with Gasteiger partial charge >= 0.3 is 0 Å². The predicted octanol–water partition coefficient (Wildman–Crippen LogP) is 2.91. The summed E-state index contributed by atoms with van der Waals surface area (Å²) in [5, 5.41) is 0. The molecule has 1 spiro atoms. The summed E-state index contributed by atoms with van der Waals surface area (Å²) in [6.45, 7) is 0.885. The van der Waals surface area contributed by atoms with E-state index in [1.54, 1.807) is 7.11 Å². The Labute approximate surface area is 121 Å². The Bertz CT molecular complexity index is 456. The zero-order valence-electron chi connectivity index (χ0n) is 12.3. The average Bonchev–Trinajstić information content (AvgIpc) is 2.46. The molecule has 1 saturated carbocycles. The Hall–Kier alpha value is -1.06. The van der Waals surface area contributed by atoms with Gasteiger partial charge in [0.15, 0.2) is 0 Å². The number of ether oxygens (including phenoxy) is 2. The van der Waals surface area contributed by atoms with E-state index in [-0.39, 0.29) is 11.6 Å². The zero-order chi connectivity index (χ0) is 14.0. The number of rotatable bonds is 4. The van der Waals surface area contributed by atoms with Gasteiger partial charge in [-0.25, -0.2) is 0 Å². The molecular weight excluding hydrogens is 250 g/mol. The lowest BCUT2D eigenvalue weighted by Crippen LogP contribution is -2.49. The zero-order valence-corrected chi connectivity index (χ0v) is 12.3. The molecule has 1 saturated heterocycles.